The van der Waals surface area contributed by atoms with E-state index in [1.165, 1.54) is 26.4 Å². The normalized spacial score (nSPS) is 16.5. The minimum atomic E-state index is -3.93. The Labute approximate surface area is 257 Å². The number of sulfonamides is 1. The summed E-state index contributed by atoms with van der Waals surface area (Å²) in [4.78, 5) is 25.1. The van der Waals surface area contributed by atoms with Crippen LogP contribution in [0.5, 0.6) is 5.75 Å². The quantitative estimate of drug-likeness (QED) is 0.259. The third-order valence-electron chi connectivity index (χ3n) is 7.03. The summed E-state index contributed by atoms with van der Waals surface area (Å²) in [7, 11) is -1.14. The lowest BCUT2D eigenvalue weighted by atomic mass is 9.92. The lowest BCUT2D eigenvalue weighted by Gasteiger charge is -2.30. The Balaban J connectivity index is 1.47. The molecule has 0 saturated heterocycles. The maximum atomic E-state index is 13.3. The summed E-state index contributed by atoms with van der Waals surface area (Å²) in [5.41, 5.74) is 2.14. The van der Waals surface area contributed by atoms with Crippen molar-refractivity contribution in [2.24, 2.45) is 0 Å². The number of rotatable bonds is 14. The second kappa shape index (κ2) is 15.5. The van der Waals surface area contributed by atoms with Gasteiger partial charge in [0.25, 0.3) is 5.91 Å². The number of carbonyl (C=O) groups is 2. The Morgan fingerprint density at radius 3 is 2.32 bits per heavy atom. The Bertz CT molecular complexity index is 1530. The molecule has 1 amide bonds. The molecule has 1 aliphatic heterocycles. The van der Waals surface area contributed by atoms with Crippen LogP contribution in [0.25, 0.3) is 0 Å². The number of allylic oxidation sites excluding steroid dienone is 1. The molecule has 12 heteroatoms. The largest absolute Gasteiger partial charge is 0.497 e. The summed E-state index contributed by atoms with van der Waals surface area (Å²) in [5, 5.41) is 12.4. The maximum absolute atomic E-state index is 13.3. The highest BCUT2D eigenvalue weighted by molar-refractivity contribution is 7.89. The van der Waals surface area contributed by atoms with E-state index in [1.807, 2.05) is 30.3 Å². The summed E-state index contributed by atoms with van der Waals surface area (Å²) < 4.78 is 49.4. The molecular formula is C32H36N2O9S. The zero-order valence-electron chi connectivity index (χ0n) is 24.5. The lowest BCUT2D eigenvalue weighted by molar-refractivity contribution is -0.146. The molecule has 0 fully saturated rings. The number of ether oxygens (including phenoxy) is 4. The minimum absolute atomic E-state index is 0.0523. The van der Waals surface area contributed by atoms with Crippen molar-refractivity contribution in [3.63, 3.8) is 0 Å². The lowest BCUT2D eigenvalue weighted by Crippen LogP contribution is -2.38. The standard InChI is InChI=1S/C32H36N2O9S/c1-40-27-12-14-28(15-13-27)44(38,39)34(16-18-35)17-19-42-30-21-26(24-8-10-25(11-9-24)32(37)41-2)20-29(43-30)31(36)33-22-23-6-4-3-5-7-23/h3-15,20,26,30,35H,16-19,21-22H2,1-2H3,(H,33,36). The van der Waals surface area contributed by atoms with E-state index in [4.69, 9.17) is 18.9 Å². The maximum Gasteiger partial charge on any atom is 0.337 e. The molecule has 44 heavy (non-hydrogen) atoms. The van der Waals surface area contributed by atoms with E-state index in [9.17, 15) is 23.1 Å². The number of nitrogens with zero attached hydrogens (tertiary/aromatic N) is 1. The van der Waals surface area contributed by atoms with Crippen LogP contribution >= 0.6 is 0 Å². The third-order valence-corrected chi connectivity index (χ3v) is 8.94. The fraction of sp³-hybridized carbons (Fsp3) is 0.312. The highest BCUT2D eigenvalue weighted by Crippen LogP contribution is 2.32. The number of aliphatic hydroxyl groups is 1. The molecule has 0 saturated carbocycles. The molecule has 2 atom stereocenters. The van der Waals surface area contributed by atoms with Crippen LogP contribution < -0.4 is 10.1 Å². The van der Waals surface area contributed by atoms with E-state index in [1.54, 1.807) is 42.5 Å². The second-order valence-electron chi connectivity index (χ2n) is 9.88. The second-order valence-corrected chi connectivity index (χ2v) is 11.8. The summed E-state index contributed by atoms with van der Waals surface area (Å²) in [6, 6.07) is 22.2. The van der Waals surface area contributed by atoms with Crippen molar-refractivity contribution in [1.82, 2.24) is 9.62 Å². The number of benzene rings is 3. The van der Waals surface area contributed by atoms with Crippen LogP contribution in [0.15, 0.2) is 95.6 Å². The van der Waals surface area contributed by atoms with E-state index < -0.39 is 28.2 Å². The van der Waals surface area contributed by atoms with Crippen LogP contribution in [-0.2, 0) is 35.6 Å². The minimum Gasteiger partial charge on any atom is -0.497 e. The van der Waals surface area contributed by atoms with Gasteiger partial charge in [0, 0.05) is 32.0 Å². The topological polar surface area (TPSA) is 141 Å². The SMILES string of the molecule is COC(=O)c1ccc(C2C=C(C(=O)NCc3ccccc3)OC(OCCN(CCO)S(=O)(=O)c3ccc(OC)cc3)C2)cc1. The van der Waals surface area contributed by atoms with E-state index in [2.05, 4.69) is 5.32 Å². The number of carbonyl (C=O) groups excluding carboxylic acids is 2. The average Bonchev–Trinajstić information content (AvgIpc) is 3.06. The monoisotopic (exact) mass is 624 g/mol. The molecule has 3 aromatic rings. The molecule has 0 aliphatic carbocycles. The Morgan fingerprint density at radius 2 is 1.68 bits per heavy atom. The molecule has 4 rings (SSSR count). The van der Waals surface area contributed by atoms with Gasteiger partial charge < -0.3 is 29.4 Å². The van der Waals surface area contributed by atoms with Crippen LogP contribution in [-0.4, -0.2) is 76.5 Å². The number of esters is 1. The summed E-state index contributed by atoms with van der Waals surface area (Å²) in [6.45, 7) is -0.345. The zero-order valence-corrected chi connectivity index (χ0v) is 25.4. The molecule has 11 nitrogen and oxygen atoms in total. The molecule has 0 bridgehead atoms. The van der Waals surface area contributed by atoms with Crippen molar-refractivity contribution in [2.45, 2.75) is 30.1 Å². The third kappa shape index (κ3) is 8.44. The first-order valence-corrected chi connectivity index (χ1v) is 15.4. The molecular weight excluding hydrogens is 588 g/mol. The molecule has 2 unspecified atom stereocenters. The molecule has 0 spiro atoms. The van der Waals surface area contributed by atoms with Crippen molar-refractivity contribution >= 4 is 21.9 Å². The van der Waals surface area contributed by atoms with E-state index in [0.29, 0.717) is 24.3 Å². The first kappa shape index (κ1) is 32.7. The molecule has 0 aromatic heterocycles. The van der Waals surface area contributed by atoms with E-state index in [-0.39, 0.29) is 42.9 Å². The highest BCUT2D eigenvalue weighted by atomic mass is 32.2. The number of nitrogens with one attached hydrogen (secondary N) is 1. The van der Waals surface area contributed by atoms with Crippen molar-refractivity contribution in [1.29, 1.82) is 0 Å². The molecule has 0 radical (unpaired) electrons. The van der Waals surface area contributed by atoms with Gasteiger partial charge in [-0.2, -0.15) is 4.31 Å². The molecule has 3 aromatic carbocycles. The van der Waals surface area contributed by atoms with Gasteiger partial charge in [-0.15, -0.1) is 0 Å². The highest BCUT2D eigenvalue weighted by Gasteiger charge is 2.30. The average molecular weight is 625 g/mol. The predicted octanol–water partition coefficient (Wildman–Crippen LogP) is 3.21. The first-order chi connectivity index (χ1) is 21.2. The van der Waals surface area contributed by atoms with Crippen LogP contribution in [0.4, 0.5) is 0 Å². The predicted molar refractivity (Wildman–Crippen MR) is 161 cm³/mol. The first-order valence-electron chi connectivity index (χ1n) is 14.0. The van der Waals surface area contributed by atoms with Gasteiger partial charge in [-0.3, -0.25) is 4.79 Å². The molecule has 1 heterocycles. The van der Waals surface area contributed by atoms with Gasteiger partial charge >= 0.3 is 5.97 Å². The number of methoxy groups -OCH3 is 2. The van der Waals surface area contributed by atoms with Gasteiger partial charge in [-0.1, -0.05) is 42.5 Å². The number of hydrogen-bond acceptors (Lipinski definition) is 9. The fourth-order valence-corrected chi connectivity index (χ4v) is 6.06. The van der Waals surface area contributed by atoms with Crippen molar-refractivity contribution in [3.05, 3.63) is 107 Å². The van der Waals surface area contributed by atoms with Crippen molar-refractivity contribution in [3.8, 4) is 5.75 Å². The number of hydrogen-bond donors (Lipinski definition) is 2. The van der Waals surface area contributed by atoms with Crippen molar-refractivity contribution in [2.75, 3.05) is 40.5 Å². The number of amides is 1. The van der Waals surface area contributed by atoms with Gasteiger partial charge in [0.1, 0.15) is 5.75 Å². The van der Waals surface area contributed by atoms with Crippen LogP contribution in [0, 0.1) is 0 Å². The van der Waals surface area contributed by atoms with E-state index >= 15 is 0 Å². The van der Waals surface area contributed by atoms with Gasteiger partial charge in [-0.05, 0) is 53.6 Å². The van der Waals surface area contributed by atoms with Gasteiger partial charge in [0.2, 0.25) is 16.3 Å². The Hall–Kier alpha value is -4.23. The summed E-state index contributed by atoms with van der Waals surface area (Å²) >= 11 is 0. The Kier molecular flexibility index (Phi) is 11.5. The van der Waals surface area contributed by atoms with Gasteiger partial charge in [0.05, 0.1) is 37.9 Å². The van der Waals surface area contributed by atoms with Crippen molar-refractivity contribution < 1.29 is 42.1 Å². The molecule has 1 aliphatic rings. The summed E-state index contributed by atoms with van der Waals surface area (Å²) in [5.74, 6) is -0.603. The smallest absolute Gasteiger partial charge is 0.337 e. The molecule has 234 valence electrons. The fourth-order valence-electron chi connectivity index (χ4n) is 4.65. The van der Waals surface area contributed by atoms with Gasteiger partial charge in [-0.25, -0.2) is 13.2 Å². The Morgan fingerprint density at radius 1 is 0.977 bits per heavy atom. The molecule has 2 N–H and O–H groups in total. The van der Waals surface area contributed by atoms with Gasteiger partial charge in [0.15, 0.2) is 5.76 Å². The number of aliphatic hydroxyl groups excluding tert-OH is 1. The van der Waals surface area contributed by atoms with E-state index in [0.717, 1.165) is 15.4 Å². The van der Waals surface area contributed by atoms with Crippen LogP contribution in [0.3, 0.4) is 0 Å². The van der Waals surface area contributed by atoms with Crippen LogP contribution in [0.2, 0.25) is 0 Å². The summed E-state index contributed by atoms with van der Waals surface area (Å²) in [6.07, 6.45) is 1.17. The zero-order chi connectivity index (χ0) is 31.5. The van der Waals surface area contributed by atoms with Crippen LogP contribution in [0.1, 0.15) is 33.8 Å².